The number of aliphatic hydroxyl groups is 1. The van der Waals surface area contributed by atoms with Gasteiger partial charge in [-0.1, -0.05) is 0 Å². The van der Waals surface area contributed by atoms with Gasteiger partial charge < -0.3 is 30.1 Å². The van der Waals surface area contributed by atoms with Gasteiger partial charge in [0.1, 0.15) is 18.1 Å². The maximum Gasteiger partial charge on any atom is 0.356 e. The third-order valence-electron chi connectivity index (χ3n) is 3.79. The van der Waals surface area contributed by atoms with Gasteiger partial charge in [0.2, 0.25) is 0 Å². The molecule has 0 saturated carbocycles. The van der Waals surface area contributed by atoms with Gasteiger partial charge in [0, 0.05) is 0 Å². The molecular formula is C12H18N5O6P. The van der Waals surface area contributed by atoms with Crippen molar-refractivity contribution in [2.75, 3.05) is 18.9 Å². The Bertz CT molecular complexity index is 763. The van der Waals surface area contributed by atoms with Crippen molar-refractivity contribution >= 4 is 24.6 Å². The average molecular weight is 359 g/mol. The number of aliphatic hydroxyl groups excluding tert-OH is 1. The van der Waals surface area contributed by atoms with Crippen LogP contribution in [0, 0.1) is 0 Å². The fourth-order valence-electron chi connectivity index (χ4n) is 2.57. The van der Waals surface area contributed by atoms with Crippen LogP contribution < -0.4 is 5.73 Å². The lowest BCUT2D eigenvalue weighted by molar-refractivity contribution is -0.0559. The summed E-state index contributed by atoms with van der Waals surface area (Å²) in [6, 6.07) is 0. The summed E-state index contributed by atoms with van der Waals surface area (Å²) in [7, 11) is -4.51. The number of rotatable bonds is 6. The first-order valence-electron chi connectivity index (χ1n) is 7.26. The van der Waals surface area contributed by atoms with Crippen LogP contribution in [0.4, 0.5) is 5.82 Å². The number of nitrogens with two attached hydrogens (primary N) is 1. The Morgan fingerprint density at radius 3 is 2.92 bits per heavy atom. The summed E-state index contributed by atoms with van der Waals surface area (Å²) < 4.78 is 23.8. The van der Waals surface area contributed by atoms with E-state index in [1.165, 1.54) is 6.33 Å². The van der Waals surface area contributed by atoms with Gasteiger partial charge in [-0.25, -0.2) is 15.0 Å². The predicted molar refractivity (Wildman–Crippen MR) is 81.7 cm³/mol. The van der Waals surface area contributed by atoms with Gasteiger partial charge in [-0.3, -0.25) is 9.13 Å². The van der Waals surface area contributed by atoms with Crippen molar-refractivity contribution in [1.82, 2.24) is 19.5 Å². The van der Waals surface area contributed by atoms with Crippen molar-refractivity contribution in [2.45, 2.75) is 31.0 Å². The molecule has 3 rings (SSSR count). The third-order valence-corrected chi connectivity index (χ3v) is 4.85. The van der Waals surface area contributed by atoms with Gasteiger partial charge in [-0.2, -0.15) is 0 Å². The van der Waals surface area contributed by atoms with Crippen LogP contribution >= 0.6 is 7.60 Å². The minimum absolute atomic E-state index is 0.0312. The SMILES string of the molecule is Nc1ncnc2c1ncn2C1CCC(COC(CO)P(=O)(O)O)O1. The molecule has 1 fully saturated rings. The predicted octanol–water partition coefficient (Wildman–Crippen LogP) is -0.401. The van der Waals surface area contributed by atoms with E-state index < -0.39 is 20.0 Å². The second-order valence-electron chi connectivity index (χ2n) is 5.43. The van der Waals surface area contributed by atoms with E-state index >= 15 is 0 Å². The molecule has 0 aromatic carbocycles. The normalized spacial score (nSPS) is 23.0. The molecule has 3 unspecified atom stereocenters. The molecule has 24 heavy (non-hydrogen) atoms. The van der Waals surface area contributed by atoms with Crippen molar-refractivity contribution in [3.63, 3.8) is 0 Å². The molecular weight excluding hydrogens is 341 g/mol. The fourth-order valence-corrected chi connectivity index (χ4v) is 3.06. The van der Waals surface area contributed by atoms with E-state index in [0.717, 1.165) is 0 Å². The summed E-state index contributed by atoms with van der Waals surface area (Å²) in [6.07, 6.45) is 3.51. The summed E-state index contributed by atoms with van der Waals surface area (Å²) in [5.74, 6) is -1.26. The molecule has 0 amide bonds. The summed E-state index contributed by atoms with van der Waals surface area (Å²) in [4.78, 5) is 30.3. The molecule has 0 aliphatic carbocycles. The zero-order valence-corrected chi connectivity index (χ0v) is 13.5. The molecule has 12 heteroatoms. The number of imidazole rings is 1. The van der Waals surface area contributed by atoms with Crippen molar-refractivity contribution in [2.24, 2.45) is 0 Å². The van der Waals surface area contributed by atoms with Crippen molar-refractivity contribution in [3.05, 3.63) is 12.7 Å². The molecule has 5 N–H and O–H groups in total. The van der Waals surface area contributed by atoms with Crippen LogP contribution in [0.3, 0.4) is 0 Å². The molecule has 2 aromatic heterocycles. The van der Waals surface area contributed by atoms with Crippen LogP contribution in [-0.2, 0) is 14.0 Å². The van der Waals surface area contributed by atoms with Gasteiger partial charge >= 0.3 is 7.60 Å². The highest BCUT2D eigenvalue weighted by molar-refractivity contribution is 7.52. The highest BCUT2D eigenvalue weighted by Gasteiger charge is 2.33. The minimum atomic E-state index is -4.51. The molecule has 11 nitrogen and oxygen atoms in total. The van der Waals surface area contributed by atoms with Gasteiger partial charge in [-0.15, -0.1) is 0 Å². The highest BCUT2D eigenvalue weighted by atomic mass is 31.2. The molecule has 0 radical (unpaired) electrons. The highest BCUT2D eigenvalue weighted by Crippen LogP contribution is 2.42. The Morgan fingerprint density at radius 1 is 1.42 bits per heavy atom. The number of ether oxygens (including phenoxy) is 2. The van der Waals surface area contributed by atoms with E-state index in [0.29, 0.717) is 24.0 Å². The molecule has 2 aromatic rings. The number of nitrogens with zero attached hydrogens (tertiary/aromatic N) is 4. The molecule has 0 bridgehead atoms. The summed E-state index contributed by atoms with van der Waals surface area (Å²) in [5, 5.41) is 8.99. The maximum absolute atomic E-state index is 11.1. The van der Waals surface area contributed by atoms with Crippen LogP contribution in [0.15, 0.2) is 12.7 Å². The number of nitrogen functional groups attached to an aromatic ring is 1. The summed E-state index contributed by atoms with van der Waals surface area (Å²) >= 11 is 0. The summed E-state index contributed by atoms with van der Waals surface area (Å²) in [5.41, 5.74) is 6.79. The number of hydrogen-bond acceptors (Lipinski definition) is 8. The van der Waals surface area contributed by atoms with Crippen LogP contribution in [0.2, 0.25) is 0 Å². The minimum Gasteiger partial charge on any atom is -0.393 e. The number of anilines is 1. The lowest BCUT2D eigenvalue weighted by Gasteiger charge is -2.20. The first kappa shape index (κ1) is 17.2. The molecule has 1 aliphatic heterocycles. The second-order valence-corrected chi connectivity index (χ2v) is 7.19. The van der Waals surface area contributed by atoms with Gasteiger partial charge in [0.25, 0.3) is 0 Å². The topological polar surface area (TPSA) is 166 Å². The quantitative estimate of drug-likeness (QED) is 0.498. The van der Waals surface area contributed by atoms with E-state index in [1.54, 1.807) is 10.9 Å². The number of hydrogen-bond donors (Lipinski definition) is 4. The summed E-state index contributed by atoms with van der Waals surface area (Å²) in [6.45, 7) is -0.792. The Balaban J connectivity index is 1.65. The Labute approximate surface area is 136 Å². The average Bonchev–Trinajstić information content (AvgIpc) is 3.13. The van der Waals surface area contributed by atoms with E-state index in [9.17, 15) is 4.57 Å². The maximum atomic E-state index is 11.1. The van der Waals surface area contributed by atoms with E-state index in [2.05, 4.69) is 15.0 Å². The number of fused-ring (bicyclic) bond motifs is 1. The standard InChI is InChI=1S/C12H18N5O6P/c13-11-10-12(15-5-14-11)17(6-16-10)8-2-1-7(23-8)4-22-9(3-18)24(19,20)21/h5-9,18H,1-4H2,(H2,13,14,15)(H2,19,20,21). The zero-order chi connectivity index (χ0) is 17.3. The smallest absolute Gasteiger partial charge is 0.356 e. The number of aromatic nitrogens is 4. The zero-order valence-electron chi connectivity index (χ0n) is 12.6. The molecule has 1 saturated heterocycles. The van der Waals surface area contributed by atoms with Crippen LogP contribution in [-0.4, -0.2) is 59.6 Å². The first-order chi connectivity index (χ1) is 11.4. The molecule has 1 aliphatic rings. The van der Waals surface area contributed by atoms with E-state index in [1.807, 2.05) is 0 Å². The lowest BCUT2D eigenvalue weighted by atomic mass is 10.2. The van der Waals surface area contributed by atoms with E-state index in [-0.39, 0.29) is 24.8 Å². The van der Waals surface area contributed by atoms with E-state index in [4.69, 9.17) is 30.1 Å². The Hall–Kier alpha value is -1.62. The fraction of sp³-hybridized carbons (Fsp3) is 0.583. The van der Waals surface area contributed by atoms with Gasteiger partial charge in [0.15, 0.2) is 17.3 Å². The van der Waals surface area contributed by atoms with Crippen molar-refractivity contribution in [1.29, 1.82) is 0 Å². The third kappa shape index (κ3) is 3.41. The Kier molecular flexibility index (Phi) is 4.81. The monoisotopic (exact) mass is 359 g/mol. The molecule has 3 heterocycles. The van der Waals surface area contributed by atoms with Crippen LogP contribution in [0.1, 0.15) is 19.1 Å². The van der Waals surface area contributed by atoms with Gasteiger partial charge in [0.05, 0.1) is 25.6 Å². The molecule has 3 atom stereocenters. The second kappa shape index (κ2) is 6.71. The Morgan fingerprint density at radius 2 is 2.21 bits per heavy atom. The van der Waals surface area contributed by atoms with Crippen LogP contribution in [0.25, 0.3) is 11.2 Å². The molecule has 132 valence electrons. The largest absolute Gasteiger partial charge is 0.393 e. The first-order valence-corrected chi connectivity index (χ1v) is 8.94. The molecule has 0 spiro atoms. The van der Waals surface area contributed by atoms with Crippen molar-refractivity contribution in [3.8, 4) is 0 Å². The van der Waals surface area contributed by atoms with Crippen molar-refractivity contribution < 1.29 is 28.9 Å². The van der Waals surface area contributed by atoms with Gasteiger partial charge in [-0.05, 0) is 12.8 Å². The lowest BCUT2D eigenvalue weighted by Crippen LogP contribution is -2.24. The van der Waals surface area contributed by atoms with Crippen LogP contribution in [0.5, 0.6) is 0 Å².